The van der Waals surface area contributed by atoms with E-state index >= 15 is 0 Å². The van der Waals surface area contributed by atoms with Gasteiger partial charge in [0, 0.05) is 38.8 Å². The summed E-state index contributed by atoms with van der Waals surface area (Å²) in [6, 6.07) is 71.5. The van der Waals surface area contributed by atoms with Crippen molar-refractivity contribution in [3.05, 3.63) is 206 Å². The van der Waals surface area contributed by atoms with Gasteiger partial charge in [0.1, 0.15) is 16.9 Å². The first kappa shape index (κ1) is 32.3. The number of phenols is 1. The van der Waals surface area contributed by atoms with Crippen LogP contribution in [0.2, 0.25) is 0 Å². The lowest BCUT2D eigenvalue weighted by Gasteiger charge is -2.28. The fraction of sp³-hybridized carbons (Fsp3) is 0. The summed E-state index contributed by atoms with van der Waals surface area (Å²) in [6.07, 6.45) is 0. The summed E-state index contributed by atoms with van der Waals surface area (Å²) >= 11 is 0. The van der Waals surface area contributed by atoms with Crippen molar-refractivity contribution in [1.29, 1.82) is 0 Å². The summed E-state index contributed by atoms with van der Waals surface area (Å²) < 4.78 is 6.61. The van der Waals surface area contributed by atoms with E-state index in [9.17, 15) is 5.11 Å². The Morgan fingerprint density at radius 2 is 0.873 bits per heavy atom. The van der Waals surface area contributed by atoms with Crippen molar-refractivity contribution in [2.24, 2.45) is 0 Å². The molecule has 55 heavy (non-hydrogen) atoms. The molecule has 1 N–H and O–H groups in total. The minimum atomic E-state index is 0.269. The van der Waals surface area contributed by atoms with Crippen molar-refractivity contribution in [3.8, 4) is 50.3 Å². The van der Waals surface area contributed by atoms with E-state index in [1.54, 1.807) is 0 Å². The highest BCUT2D eigenvalue weighted by Crippen LogP contribution is 2.47. The van der Waals surface area contributed by atoms with Gasteiger partial charge in [-0.1, -0.05) is 164 Å². The second-order valence-corrected chi connectivity index (χ2v) is 13.9. The van der Waals surface area contributed by atoms with Crippen LogP contribution >= 0.6 is 0 Å². The number of benzene rings is 9. The molecule has 1 aromatic heterocycles. The molecule has 3 nitrogen and oxygen atoms in total. The maximum Gasteiger partial charge on any atom is 0.136 e. The molecule has 260 valence electrons. The normalized spacial score (nSPS) is 11.3. The van der Waals surface area contributed by atoms with Crippen LogP contribution in [0.1, 0.15) is 0 Å². The lowest BCUT2D eigenvalue weighted by Crippen LogP contribution is -2.11. The summed E-state index contributed by atoms with van der Waals surface area (Å²) in [6.45, 7) is 0. The SMILES string of the molecule is Oc1c(-c2ccccc2)cccc1-c1ccc(N(c2ccc(-c3ccccc3)cc2)c2cc3c(cc2-c2ccccc2)oc2ccc4ccccc4c23)cc1. The Hall–Kier alpha value is -7.36. The molecule has 9 aromatic carbocycles. The first-order chi connectivity index (χ1) is 27.2. The molecule has 0 saturated carbocycles. The third kappa shape index (κ3) is 5.80. The molecule has 0 atom stereocenters. The number of aromatic hydroxyl groups is 1. The van der Waals surface area contributed by atoms with Crippen LogP contribution in [-0.4, -0.2) is 5.11 Å². The van der Waals surface area contributed by atoms with Gasteiger partial charge < -0.3 is 14.4 Å². The number of phenolic OH excluding ortho intramolecular Hbond substituents is 1. The average molecular weight is 706 g/mol. The molecular weight excluding hydrogens is 671 g/mol. The Morgan fingerprint density at radius 3 is 1.51 bits per heavy atom. The van der Waals surface area contributed by atoms with E-state index in [-0.39, 0.29) is 5.75 Å². The molecule has 0 aliphatic carbocycles. The van der Waals surface area contributed by atoms with Gasteiger partial charge in [-0.3, -0.25) is 0 Å². The fourth-order valence-electron chi connectivity index (χ4n) is 7.89. The molecular formula is C52H35NO2. The van der Waals surface area contributed by atoms with E-state index in [2.05, 4.69) is 157 Å². The van der Waals surface area contributed by atoms with Gasteiger partial charge in [-0.25, -0.2) is 0 Å². The highest BCUT2D eigenvalue weighted by atomic mass is 16.3. The summed E-state index contributed by atoms with van der Waals surface area (Å²) in [7, 11) is 0. The van der Waals surface area contributed by atoms with Crippen LogP contribution in [0, 0.1) is 0 Å². The van der Waals surface area contributed by atoms with E-state index in [1.807, 2.05) is 54.6 Å². The molecule has 0 bridgehead atoms. The van der Waals surface area contributed by atoms with Gasteiger partial charge in [-0.2, -0.15) is 0 Å². The van der Waals surface area contributed by atoms with E-state index in [0.717, 1.165) is 83.3 Å². The smallest absolute Gasteiger partial charge is 0.136 e. The number of hydrogen-bond acceptors (Lipinski definition) is 3. The fourth-order valence-corrected chi connectivity index (χ4v) is 7.89. The van der Waals surface area contributed by atoms with Crippen LogP contribution in [0.4, 0.5) is 17.1 Å². The van der Waals surface area contributed by atoms with Crippen LogP contribution in [0.5, 0.6) is 5.75 Å². The van der Waals surface area contributed by atoms with E-state index in [4.69, 9.17) is 4.42 Å². The zero-order chi connectivity index (χ0) is 36.7. The van der Waals surface area contributed by atoms with Crippen molar-refractivity contribution in [2.45, 2.75) is 0 Å². The number of para-hydroxylation sites is 1. The van der Waals surface area contributed by atoms with Crippen LogP contribution in [0.3, 0.4) is 0 Å². The lowest BCUT2D eigenvalue weighted by atomic mass is 9.96. The second-order valence-electron chi connectivity index (χ2n) is 13.9. The van der Waals surface area contributed by atoms with Gasteiger partial charge >= 0.3 is 0 Å². The van der Waals surface area contributed by atoms with Gasteiger partial charge in [-0.05, 0) is 81.1 Å². The largest absolute Gasteiger partial charge is 0.507 e. The van der Waals surface area contributed by atoms with Crippen molar-refractivity contribution in [3.63, 3.8) is 0 Å². The van der Waals surface area contributed by atoms with Crippen molar-refractivity contribution in [1.82, 2.24) is 0 Å². The summed E-state index contributed by atoms with van der Waals surface area (Å²) in [4.78, 5) is 2.34. The first-order valence-corrected chi connectivity index (χ1v) is 18.6. The minimum Gasteiger partial charge on any atom is -0.507 e. The minimum absolute atomic E-state index is 0.269. The number of fused-ring (bicyclic) bond motifs is 5. The molecule has 0 saturated heterocycles. The van der Waals surface area contributed by atoms with Crippen molar-refractivity contribution in [2.75, 3.05) is 4.90 Å². The van der Waals surface area contributed by atoms with Crippen molar-refractivity contribution >= 4 is 49.8 Å². The predicted molar refractivity (Wildman–Crippen MR) is 229 cm³/mol. The number of furan rings is 1. The Labute approximate surface area is 319 Å². The van der Waals surface area contributed by atoms with E-state index < -0.39 is 0 Å². The van der Waals surface area contributed by atoms with Gasteiger partial charge in [0.2, 0.25) is 0 Å². The zero-order valence-corrected chi connectivity index (χ0v) is 29.9. The van der Waals surface area contributed by atoms with Crippen molar-refractivity contribution < 1.29 is 9.52 Å². The van der Waals surface area contributed by atoms with Gasteiger partial charge in [0.05, 0.1) is 5.69 Å². The molecule has 10 rings (SSSR count). The number of nitrogens with zero attached hydrogens (tertiary/aromatic N) is 1. The topological polar surface area (TPSA) is 36.6 Å². The molecule has 0 unspecified atom stereocenters. The number of rotatable bonds is 7. The molecule has 0 spiro atoms. The number of anilines is 3. The molecule has 3 heteroatoms. The van der Waals surface area contributed by atoms with Crippen LogP contribution in [-0.2, 0) is 0 Å². The van der Waals surface area contributed by atoms with Gasteiger partial charge in [0.15, 0.2) is 0 Å². The predicted octanol–water partition coefficient (Wildman–Crippen LogP) is 14.6. The van der Waals surface area contributed by atoms with Crippen LogP contribution < -0.4 is 4.90 Å². The average Bonchev–Trinajstić information content (AvgIpc) is 3.63. The Balaban J connectivity index is 1.19. The molecule has 0 radical (unpaired) electrons. The second kappa shape index (κ2) is 13.6. The Bertz CT molecular complexity index is 2950. The Kier molecular flexibility index (Phi) is 7.96. The molecule has 0 aliphatic rings. The summed E-state index contributed by atoms with van der Waals surface area (Å²) in [5.41, 5.74) is 12.7. The highest BCUT2D eigenvalue weighted by Gasteiger charge is 2.22. The zero-order valence-electron chi connectivity index (χ0n) is 29.9. The van der Waals surface area contributed by atoms with E-state index in [1.165, 1.54) is 10.9 Å². The highest BCUT2D eigenvalue weighted by molar-refractivity contribution is 6.20. The van der Waals surface area contributed by atoms with Gasteiger partial charge in [-0.15, -0.1) is 0 Å². The standard InChI is InChI=1S/C52H35NO2/c54-52-44(37-15-6-2-7-16-37)21-12-22-45(52)40-25-30-42(31-26-40)53(41-28-23-36(24-29-41)35-13-4-1-5-14-35)48-33-47-50(34-46(48)38-17-8-3-9-18-38)55-49-32-27-39-19-10-11-20-43(39)51(47)49/h1-34,54H. The molecule has 1 heterocycles. The first-order valence-electron chi connectivity index (χ1n) is 18.6. The number of hydrogen-bond donors (Lipinski definition) is 1. The molecule has 0 amide bonds. The van der Waals surface area contributed by atoms with E-state index in [0.29, 0.717) is 0 Å². The molecule has 10 aromatic rings. The molecule has 0 fully saturated rings. The lowest BCUT2D eigenvalue weighted by molar-refractivity contribution is 0.479. The monoisotopic (exact) mass is 705 g/mol. The van der Waals surface area contributed by atoms with Crippen LogP contribution in [0.15, 0.2) is 211 Å². The Morgan fingerprint density at radius 1 is 0.364 bits per heavy atom. The third-order valence-corrected chi connectivity index (χ3v) is 10.6. The van der Waals surface area contributed by atoms with Gasteiger partial charge in [0.25, 0.3) is 0 Å². The summed E-state index contributed by atoms with van der Waals surface area (Å²) in [5, 5.41) is 16.0. The maximum atomic E-state index is 11.5. The maximum absolute atomic E-state index is 11.5. The van der Waals surface area contributed by atoms with Crippen LogP contribution in [0.25, 0.3) is 77.2 Å². The molecule has 0 aliphatic heterocycles. The third-order valence-electron chi connectivity index (χ3n) is 10.6. The summed E-state index contributed by atoms with van der Waals surface area (Å²) in [5.74, 6) is 0.269. The quantitative estimate of drug-likeness (QED) is 0.179.